The Bertz CT molecular complexity index is 629. The van der Waals surface area contributed by atoms with Crippen LogP contribution in [-0.2, 0) is 20.9 Å². The van der Waals surface area contributed by atoms with Crippen molar-refractivity contribution in [1.82, 2.24) is 5.32 Å². The van der Waals surface area contributed by atoms with Crippen molar-refractivity contribution in [2.24, 2.45) is 5.73 Å². The third-order valence-corrected chi connectivity index (χ3v) is 3.31. The predicted molar refractivity (Wildman–Crippen MR) is 87.2 cm³/mol. The standard InChI is InChI=1S/C18H20N2O3/c19-18(22)17(15-9-5-2-6-10-15)20-16(21)11-12-23-13-14-7-3-1-4-8-14/h1-10,17H,11-13H2,(H2,19,22)(H,20,21). The van der Waals surface area contributed by atoms with Crippen LogP contribution in [0.5, 0.6) is 0 Å². The molecular formula is C18H20N2O3. The number of ether oxygens (including phenoxy) is 1. The van der Waals surface area contributed by atoms with Gasteiger partial charge in [-0.25, -0.2) is 0 Å². The molecule has 0 bridgehead atoms. The van der Waals surface area contributed by atoms with Crippen LogP contribution in [0.3, 0.4) is 0 Å². The van der Waals surface area contributed by atoms with E-state index in [4.69, 9.17) is 10.5 Å². The summed E-state index contributed by atoms with van der Waals surface area (Å²) >= 11 is 0. The molecule has 0 saturated carbocycles. The van der Waals surface area contributed by atoms with Gasteiger partial charge in [0.15, 0.2) is 0 Å². The molecule has 2 amide bonds. The zero-order valence-corrected chi connectivity index (χ0v) is 12.8. The molecule has 2 aromatic rings. The lowest BCUT2D eigenvalue weighted by atomic mass is 10.1. The number of rotatable bonds is 8. The van der Waals surface area contributed by atoms with Crippen LogP contribution in [0.4, 0.5) is 0 Å². The van der Waals surface area contributed by atoms with Gasteiger partial charge in [0.05, 0.1) is 19.6 Å². The van der Waals surface area contributed by atoms with E-state index in [2.05, 4.69) is 5.32 Å². The molecule has 120 valence electrons. The van der Waals surface area contributed by atoms with Gasteiger partial charge in [0.25, 0.3) is 0 Å². The normalized spacial score (nSPS) is 11.7. The molecule has 1 unspecified atom stereocenters. The fourth-order valence-electron chi connectivity index (χ4n) is 2.13. The summed E-state index contributed by atoms with van der Waals surface area (Å²) in [6, 6.07) is 17.8. The Morgan fingerprint density at radius 3 is 2.22 bits per heavy atom. The number of carbonyl (C=O) groups excluding carboxylic acids is 2. The monoisotopic (exact) mass is 312 g/mol. The lowest BCUT2D eigenvalue weighted by Crippen LogP contribution is -2.37. The molecule has 5 nitrogen and oxygen atoms in total. The summed E-state index contributed by atoms with van der Waals surface area (Å²) in [5.41, 5.74) is 7.08. The Kier molecular flexibility index (Phi) is 6.32. The first-order valence-electron chi connectivity index (χ1n) is 7.42. The molecule has 2 rings (SSSR count). The van der Waals surface area contributed by atoms with Crippen LogP contribution in [0.1, 0.15) is 23.6 Å². The number of amides is 2. The van der Waals surface area contributed by atoms with Crippen molar-refractivity contribution >= 4 is 11.8 Å². The number of nitrogens with one attached hydrogen (secondary N) is 1. The third kappa shape index (κ3) is 5.56. The number of hydrogen-bond donors (Lipinski definition) is 2. The summed E-state index contributed by atoms with van der Waals surface area (Å²) in [6.07, 6.45) is 0.170. The topological polar surface area (TPSA) is 81.4 Å². The van der Waals surface area contributed by atoms with Crippen LogP contribution in [0.2, 0.25) is 0 Å². The maximum absolute atomic E-state index is 11.9. The van der Waals surface area contributed by atoms with E-state index in [1.54, 1.807) is 24.3 Å². The Balaban J connectivity index is 1.77. The molecule has 0 spiro atoms. The first-order valence-corrected chi connectivity index (χ1v) is 7.42. The van der Waals surface area contributed by atoms with Crippen molar-refractivity contribution in [3.05, 3.63) is 71.8 Å². The number of primary amides is 1. The predicted octanol–water partition coefficient (Wildman–Crippen LogP) is 1.94. The highest BCUT2D eigenvalue weighted by molar-refractivity contribution is 5.87. The smallest absolute Gasteiger partial charge is 0.244 e. The van der Waals surface area contributed by atoms with Gasteiger partial charge in [0, 0.05) is 0 Å². The molecule has 0 aromatic heterocycles. The molecule has 1 atom stereocenters. The summed E-state index contributed by atoms with van der Waals surface area (Å²) in [5, 5.41) is 2.64. The molecular weight excluding hydrogens is 292 g/mol. The second-order valence-electron chi connectivity index (χ2n) is 5.10. The van der Waals surface area contributed by atoms with Crippen LogP contribution in [0.25, 0.3) is 0 Å². The second-order valence-corrected chi connectivity index (χ2v) is 5.10. The van der Waals surface area contributed by atoms with Crippen LogP contribution in [0.15, 0.2) is 60.7 Å². The Labute approximate surface area is 135 Å². The number of carbonyl (C=O) groups is 2. The van der Waals surface area contributed by atoms with Gasteiger partial charge >= 0.3 is 0 Å². The quantitative estimate of drug-likeness (QED) is 0.731. The van der Waals surface area contributed by atoms with Gasteiger partial charge in [-0.1, -0.05) is 60.7 Å². The lowest BCUT2D eigenvalue weighted by molar-refractivity contribution is -0.128. The summed E-state index contributed by atoms with van der Waals surface area (Å²) in [7, 11) is 0. The first-order chi connectivity index (χ1) is 11.2. The zero-order chi connectivity index (χ0) is 16.5. The van der Waals surface area contributed by atoms with Crippen molar-refractivity contribution in [3.63, 3.8) is 0 Å². The lowest BCUT2D eigenvalue weighted by Gasteiger charge is -2.15. The van der Waals surface area contributed by atoms with Gasteiger partial charge in [-0.15, -0.1) is 0 Å². The minimum Gasteiger partial charge on any atom is -0.376 e. The molecule has 0 aliphatic heterocycles. The molecule has 3 N–H and O–H groups in total. The summed E-state index contributed by atoms with van der Waals surface area (Å²) in [4.78, 5) is 23.5. The molecule has 2 aromatic carbocycles. The summed E-state index contributed by atoms with van der Waals surface area (Å²) < 4.78 is 5.46. The number of nitrogens with two attached hydrogens (primary N) is 1. The summed E-state index contributed by atoms with van der Waals surface area (Å²) in [5.74, 6) is -0.861. The molecule has 0 aliphatic carbocycles. The average Bonchev–Trinajstić information content (AvgIpc) is 2.58. The minimum atomic E-state index is -0.821. The zero-order valence-electron chi connectivity index (χ0n) is 12.8. The van der Waals surface area contributed by atoms with Gasteiger partial charge < -0.3 is 15.8 Å². The molecule has 23 heavy (non-hydrogen) atoms. The molecule has 0 aliphatic rings. The maximum Gasteiger partial charge on any atom is 0.244 e. The van der Waals surface area contributed by atoms with Crippen LogP contribution < -0.4 is 11.1 Å². The summed E-state index contributed by atoms with van der Waals surface area (Å²) in [6.45, 7) is 0.729. The van der Waals surface area contributed by atoms with E-state index in [9.17, 15) is 9.59 Å². The molecule has 0 radical (unpaired) electrons. The third-order valence-electron chi connectivity index (χ3n) is 3.31. The van der Waals surface area contributed by atoms with E-state index in [1.807, 2.05) is 36.4 Å². The van der Waals surface area contributed by atoms with Crippen LogP contribution in [0, 0.1) is 0 Å². The van der Waals surface area contributed by atoms with Crippen molar-refractivity contribution in [1.29, 1.82) is 0 Å². The first kappa shape index (κ1) is 16.7. The Morgan fingerprint density at radius 1 is 1.00 bits per heavy atom. The molecule has 0 saturated heterocycles. The second kappa shape index (κ2) is 8.70. The van der Waals surface area contributed by atoms with Crippen LogP contribution >= 0.6 is 0 Å². The highest BCUT2D eigenvalue weighted by atomic mass is 16.5. The molecule has 5 heteroatoms. The van der Waals surface area contributed by atoms with E-state index in [0.717, 1.165) is 5.56 Å². The molecule has 0 fully saturated rings. The van der Waals surface area contributed by atoms with Crippen molar-refractivity contribution in [2.45, 2.75) is 19.1 Å². The Morgan fingerprint density at radius 2 is 1.61 bits per heavy atom. The SMILES string of the molecule is NC(=O)C(NC(=O)CCOCc1ccccc1)c1ccccc1. The van der Waals surface area contributed by atoms with Crippen molar-refractivity contribution < 1.29 is 14.3 Å². The maximum atomic E-state index is 11.9. The van der Waals surface area contributed by atoms with Gasteiger partial charge in [-0.05, 0) is 11.1 Å². The van der Waals surface area contributed by atoms with Gasteiger partial charge in [-0.2, -0.15) is 0 Å². The van der Waals surface area contributed by atoms with Gasteiger partial charge in [0.1, 0.15) is 6.04 Å². The average molecular weight is 312 g/mol. The van der Waals surface area contributed by atoms with Crippen molar-refractivity contribution in [2.75, 3.05) is 6.61 Å². The van der Waals surface area contributed by atoms with Crippen LogP contribution in [-0.4, -0.2) is 18.4 Å². The number of benzene rings is 2. The molecule has 0 heterocycles. The van der Waals surface area contributed by atoms with Gasteiger partial charge in [-0.3, -0.25) is 9.59 Å². The fraction of sp³-hybridized carbons (Fsp3) is 0.222. The minimum absolute atomic E-state index is 0.170. The van der Waals surface area contributed by atoms with Gasteiger partial charge in [0.2, 0.25) is 11.8 Å². The largest absolute Gasteiger partial charge is 0.376 e. The Hall–Kier alpha value is -2.66. The van der Waals surface area contributed by atoms with E-state index in [-0.39, 0.29) is 18.9 Å². The van der Waals surface area contributed by atoms with Crippen molar-refractivity contribution in [3.8, 4) is 0 Å². The highest BCUT2D eigenvalue weighted by Gasteiger charge is 2.19. The number of hydrogen-bond acceptors (Lipinski definition) is 3. The van der Waals surface area contributed by atoms with E-state index < -0.39 is 11.9 Å². The van der Waals surface area contributed by atoms with E-state index in [1.165, 1.54) is 0 Å². The van der Waals surface area contributed by atoms with E-state index in [0.29, 0.717) is 12.2 Å². The van der Waals surface area contributed by atoms with E-state index >= 15 is 0 Å². The fourth-order valence-corrected chi connectivity index (χ4v) is 2.13. The highest BCUT2D eigenvalue weighted by Crippen LogP contribution is 2.12.